The standard InChI is InChI=1S/C5H9N.4C5H12.C3H5N.C3H4O.C3H4S/c1-5-3-4-6(5)2;4*1-5(2,3)4;3*1-2-4-3-1/h3-5H,1-2H3;4*1-4H3;1-2,4H,3H2;2*1-2H,3H2. The molecule has 0 fully saturated rings. The smallest absolute Gasteiger partial charge is 0.109 e. The lowest BCUT2D eigenvalue weighted by atomic mass is 10.0. The first-order chi connectivity index (χ1) is 16.8. The van der Waals surface area contributed by atoms with Crippen LogP contribution < -0.4 is 5.32 Å². The highest BCUT2D eigenvalue weighted by atomic mass is 32.2. The van der Waals surface area contributed by atoms with Gasteiger partial charge in [-0.1, -0.05) is 117 Å². The van der Waals surface area contributed by atoms with E-state index < -0.39 is 0 Å². The van der Waals surface area contributed by atoms with E-state index in [0.717, 1.165) is 13.2 Å². The van der Waals surface area contributed by atoms with Gasteiger partial charge in [-0.25, -0.2) is 0 Å². The predicted molar refractivity (Wildman–Crippen MR) is 181 cm³/mol. The Morgan fingerprint density at radius 3 is 0.868 bits per heavy atom. The first kappa shape index (κ1) is 43.8. The average Bonchev–Trinajstić information content (AvgIpc) is 2.41. The topological polar surface area (TPSA) is 24.5 Å². The van der Waals surface area contributed by atoms with Crippen LogP contribution in [0.5, 0.6) is 0 Å². The summed E-state index contributed by atoms with van der Waals surface area (Å²) in [4.78, 5) is 2.17. The van der Waals surface area contributed by atoms with Gasteiger partial charge in [-0.2, -0.15) is 0 Å². The minimum Gasteiger partial charge on any atom is -0.497 e. The van der Waals surface area contributed by atoms with Gasteiger partial charge in [0.15, 0.2) is 0 Å². The largest absolute Gasteiger partial charge is 0.497 e. The molecule has 0 saturated heterocycles. The molecule has 0 radical (unpaired) electrons. The molecule has 4 rings (SSSR count). The van der Waals surface area contributed by atoms with Crippen molar-refractivity contribution in [1.82, 2.24) is 10.2 Å². The Labute approximate surface area is 246 Å². The van der Waals surface area contributed by atoms with Crippen LogP contribution in [0.2, 0.25) is 0 Å². The van der Waals surface area contributed by atoms with Crippen LogP contribution in [-0.4, -0.2) is 36.9 Å². The van der Waals surface area contributed by atoms with E-state index in [1.807, 2.05) is 24.0 Å². The van der Waals surface area contributed by atoms with Gasteiger partial charge >= 0.3 is 0 Å². The summed E-state index contributed by atoms with van der Waals surface area (Å²) in [6.07, 6.45) is 14.0. The molecule has 0 spiro atoms. The zero-order valence-electron chi connectivity index (χ0n) is 29.1. The second-order valence-corrected chi connectivity index (χ2v) is 16.9. The van der Waals surface area contributed by atoms with Gasteiger partial charge in [-0.05, 0) is 64.6 Å². The van der Waals surface area contributed by atoms with Crippen molar-refractivity contribution in [2.45, 2.75) is 124 Å². The number of rotatable bonds is 0. The quantitative estimate of drug-likeness (QED) is 0.322. The van der Waals surface area contributed by atoms with Crippen LogP contribution in [0.15, 0.2) is 48.4 Å². The highest BCUT2D eigenvalue weighted by Crippen LogP contribution is 2.11. The summed E-state index contributed by atoms with van der Waals surface area (Å²) in [5.74, 6) is 1.24. The van der Waals surface area contributed by atoms with E-state index in [2.05, 4.69) is 170 Å². The fraction of sp³-hybridized carbons (Fsp3) is 0.765. The average molecular weight is 555 g/mol. The molecule has 38 heavy (non-hydrogen) atoms. The summed E-state index contributed by atoms with van der Waals surface area (Å²) in [6, 6.07) is 0.685. The molecule has 1 unspecified atom stereocenters. The Kier molecular flexibility index (Phi) is 27.2. The molecule has 0 amide bonds. The summed E-state index contributed by atoms with van der Waals surface area (Å²) in [5.41, 5.74) is 2.00. The van der Waals surface area contributed by atoms with Crippen LogP contribution in [0.3, 0.4) is 0 Å². The Hall–Kier alpha value is -1.29. The van der Waals surface area contributed by atoms with Crippen molar-refractivity contribution in [2.24, 2.45) is 21.7 Å². The van der Waals surface area contributed by atoms with Crippen LogP contribution >= 0.6 is 11.8 Å². The maximum absolute atomic E-state index is 4.54. The lowest BCUT2D eigenvalue weighted by Gasteiger charge is -2.27. The summed E-state index contributed by atoms with van der Waals surface area (Å²) >= 11 is 1.86. The molecule has 4 heteroatoms. The molecule has 0 aromatic carbocycles. The van der Waals surface area contributed by atoms with Gasteiger partial charge in [-0.15, -0.1) is 11.8 Å². The molecule has 1 N–H and O–H groups in total. The van der Waals surface area contributed by atoms with Crippen LogP contribution in [0.25, 0.3) is 0 Å². The minimum absolute atomic E-state index is 0.500. The Balaban J connectivity index is -0.000000174. The van der Waals surface area contributed by atoms with Crippen LogP contribution in [0.4, 0.5) is 0 Å². The predicted octanol–water partition coefficient (Wildman–Crippen LogP) is 10.9. The van der Waals surface area contributed by atoms with Gasteiger partial charge in [0.05, 0.1) is 6.26 Å². The van der Waals surface area contributed by atoms with Crippen molar-refractivity contribution in [3.8, 4) is 0 Å². The molecule has 4 aliphatic rings. The maximum Gasteiger partial charge on any atom is 0.109 e. The molecule has 4 aliphatic heterocycles. The summed E-state index contributed by atoms with van der Waals surface area (Å²) in [5, 5.41) is 5.03. The molecule has 228 valence electrons. The number of ether oxygens (including phenoxy) is 1. The minimum atomic E-state index is 0.500. The maximum atomic E-state index is 4.54. The Morgan fingerprint density at radius 1 is 0.711 bits per heavy atom. The lowest BCUT2D eigenvalue weighted by molar-refractivity contribution is 0.243. The fourth-order valence-corrected chi connectivity index (χ4v) is 0.933. The SMILES string of the molecule is C1=CNC1.C1=COC1.C1=CSC1.CC(C)(C)C.CC(C)(C)C.CC(C)(C)C.CC(C)(C)C.CC1C=CN1C. The van der Waals surface area contributed by atoms with Crippen molar-refractivity contribution in [3.63, 3.8) is 0 Å². The summed E-state index contributed by atoms with van der Waals surface area (Å²) in [7, 11) is 2.07. The van der Waals surface area contributed by atoms with E-state index in [0.29, 0.717) is 27.7 Å². The van der Waals surface area contributed by atoms with E-state index in [1.54, 1.807) is 6.26 Å². The van der Waals surface area contributed by atoms with Crippen molar-refractivity contribution in [1.29, 1.82) is 0 Å². The first-order valence-corrected chi connectivity index (χ1v) is 15.2. The van der Waals surface area contributed by atoms with Crippen molar-refractivity contribution in [3.05, 3.63) is 48.4 Å². The molecule has 0 aliphatic carbocycles. The summed E-state index contributed by atoms with van der Waals surface area (Å²) < 4.78 is 4.54. The number of nitrogens with zero attached hydrogens (tertiary/aromatic N) is 1. The second-order valence-electron chi connectivity index (χ2n) is 16.0. The van der Waals surface area contributed by atoms with Crippen LogP contribution in [0, 0.1) is 21.7 Å². The summed E-state index contributed by atoms with van der Waals surface area (Å²) in [6.45, 7) is 39.1. The van der Waals surface area contributed by atoms with Gasteiger partial charge in [0, 0.05) is 25.4 Å². The van der Waals surface area contributed by atoms with Gasteiger partial charge in [0.25, 0.3) is 0 Å². The third-order valence-electron chi connectivity index (χ3n) is 2.48. The number of nitrogens with one attached hydrogen (secondary N) is 1. The molecule has 1 atom stereocenters. The highest BCUT2D eigenvalue weighted by Gasteiger charge is 2.06. The van der Waals surface area contributed by atoms with E-state index in [4.69, 9.17) is 0 Å². The number of hydrogen-bond donors (Lipinski definition) is 1. The van der Waals surface area contributed by atoms with Crippen molar-refractivity contribution in [2.75, 3.05) is 26.0 Å². The molecule has 0 aromatic heterocycles. The van der Waals surface area contributed by atoms with Gasteiger partial charge < -0.3 is 15.0 Å². The number of thioether (sulfide) groups is 1. The van der Waals surface area contributed by atoms with Gasteiger partial charge in [-0.3, -0.25) is 0 Å². The normalized spacial score (nSPS) is 17.0. The Morgan fingerprint density at radius 2 is 0.868 bits per heavy atom. The second kappa shape index (κ2) is 23.6. The van der Waals surface area contributed by atoms with Crippen molar-refractivity contribution >= 4 is 11.8 Å². The van der Waals surface area contributed by atoms with E-state index in [1.165, 1.54) is 5.75 Å². The Bertz CT molecular complexity index is 488. The third kappa shape index (κ3) is 102. The fourth-order valence-electron chi connectivity index (χ4n) is 0.741. The molecule has 0 aromatic rings. The van der Waals surface area contributed by atoms with Gasteiger partial charge in [0.2, 0.25) is 0 Å². The monoisotopic (exact) mass is 555 g/mol. The molecule has 0 saturated carbocycles. The van der Waals surface area contributed by atoms with Crippen LogP contribution in [-0.2, 0) is 4.74 Å². The van der Waals surface area contributed by atoms with E-state index in [9.17, 15) is 0 Å². The van der Waals surface area contributed by atoms with Gasteiger partial charge in [0.1, 0.15) is 6.61 Å². The highest BCUT2D eigenvalue weighted by molar-refractivity contribution is 8.03. The lowest BCUT2D eigenvalue weighted by Crippen LogP contribution is -2.29. The number of likely N-dealkylation sites (N-methyl/N-ethyl adjacent to an activating group) is 1. The van der Waals surface area contributed by atoms with Crippen molar-refractivity contribution < 1.29 is 4.74 Å². The van der Waals surface area contributed by atoms with Crippen LogP contribution in [0.1, 0.15) is 118 Å². The molecule has 0 bridgehead atoms. The molecule has 3 nitrogen and oxygen atoms in total. The first-order valence-electron chi connectivity index (χ1n) is 14.1. The molecule has 4 heterocycles. The third-order valence-corrected chi connectivity index (χ3v) is 3.25. The number of hydrogen-bond acceptors (Lipinski definition) is 4. The molecular formula is C34H70N2OS. The van der Waals surface area contributed by atoms with E-state index >= 15 is 0 Å². The zero-order chi connectivity index (χ0) is 31.1. The molecular weight excluding hydrogens is 484 g/mol. The van der Waals surface area contributed by atoms with E-state index in [-0.39, 0.29) is 0 Å². The zero-order valence-corrected chi connectivity index (χ0v) is 29.9.